The maximum Gasteiger partial charge on any atom is 0.224 e. The van der Waals surface area contributed by atoms with Crippen molar-refractivity contribution < 1.29 is 9.47 Å². The van der Waals surface area contributed by atoms with Crippen LogP contribution in [0.3, 0.4) is 0 Å². The molecule has 9 heavy (non-hydrogen) atoms. The third kappa shape index (κ3) is 1.64. The molecular formula is C6H13NO2. The highest BCUT2D eigenvalue weighted by Gasteiger charge is 2.28. The van der Waals surface area contributed by atoms with E-state index in [-0.39, 0.29) is 0 Å². The zero-order valence-electron chi connectivity index (χ0n) is 5.94. The average molecular weight is 131 g/mol. The van der Waals surface area contributed by atoms with Gasteiger partial charge in [-0.15, -0.1) is 0 Å². The number of nitrogens with one attached hydrogen (secondary N) is 1. The molecule has 1 aliphatic rings. The fourth-order valence-electron chi connectivity index (χ4n) is 0.938. The van der Waals surface area contributed by atoms with Gasteiger partial charge >= 0.3 is 0 Å². The van der Waals surface area contributed by atoms with Gasteiger partial charge in [0.2, 0.25) is 5.91 Å². The second-order valence-electron chi connectivity index (χ2n) is 2.17. The summed E-state index contributed by atoms with van der Waals surface area (Å²) in [6, 6.07) is 0. The highest BCUT2D eigenvalue weighted by Crippen LogP contribution is 2.13. The van der Waals surface area contributed by atoms with Crippen LogP contribution >= 0.6 is 0 Å². The highest BCUT2D eigenvalue weighted by atomic mass is 16.8. The van der Waals surface area contributed by atoms with Crippen LogP contribution < -0.4 is 5.32 Å². The molecule has 1 saturated heterocycles. The van der Waals surface area contributed by atoms with Crippen LogP contribution in [0.15, 0.2) is 0 Å². The summed E-state index contributed by atoms with van der Waals surface area (Å²) in [5.74, 6) is -0.505. The van der Waals surface area contributed by atoms with Crippen LogP contribution in [-0.4, -0.2) is 25.7 Å². The summed E-state index contributed by atoms with van der Waals surface area (Å²) in [5, 5.41) is 3.08. The van der Waals surface area contributed by atoms with Gasteiger partial charge in [0.05, 0.1) is 13.2 Å². The minimum absolute atomic E-state index is 0.505. The lowest BCUT2D eigenvalue weighted by atomic mass is 10.5. The fraction of sp³-hybridized carbons (Fsp3) is 1.00. The van der Waals surface area contributed by atoms with Gasteiger partial charge in [-0.3, -0.25) is 5.32 Å². The molecule has 1 heterocycles. The van der Waals surface area contributed by atoms with E-state index in [1.807, 2.05) is 13.8 Å². The second kappa shape index (κ2) is 2.64. The number of rotatable bonds is 2. The summed E-state index contributed by atoms with van der Waals surface area (Å²) in [4.78, 5) is 0. The van der Waals surface area contributed by atoms with Crippen molar-refractivity contribution >= 4 is 0 Å². The first kappa shape index (κ1) is 6.99. The monoisotopic (exact) mass is 131 g/mol. The zero-order chi connectivity index (χ0) is 6.74. The lowest BCUT2D eigenvalue weighted by molar-refractivity contribution is -0.165. The predicted octanol–water partition coefficient (Wildman–Crippen LogP) is 0.316. The molecule has 0 unspecified atom stereocenters. The molecular weight excluding hydrogens is 118 g/mol. The summed E-state index contributed by atoms with van der Waals surface area (Å²) in [5.41, 5.74) is 0. The fourth-order valence-corrected chi connectivity index (χ4v) is 0.938. The molecule has 0 bridgehead atoms. The predicted molar refractivity (Wildman–Crippen MR) is 34.0 cm³/mol. The molecule has 0 aliphatic carbocycles. The van der Waals surface area contributed by atoms with E-state index < -0.39 is 5.91 Å². The van der Waals surface area contributed by atoms with Crippen molar-refractivity contribution in [2.24, 2.45) is 0 Å². The Morgan fingerprint density at radius 3 is 2.44 bits per heavy atom. The normalized spacial score (nSPS) is 24.7. The maximum atomic E-state index is 5.25. The third-order valence-corrected chi connectivity index (χ3v) is 1.34. The topological polar surface area (TPSA) is 30.5 Å². The Hall–Kier alpha value is -0.120. The van der Waals surface area contributed by atoms with E-state index in [1.165, 1.54) is 0 Å². The Morgan fingerprint density at radius 2 is 2.00 bits per heavy atom. The van der Waals surface area contributed by atoms with Crippen molar-refractivity contribution in [3.8, 4) is 0 Å². The van der Waals surface area contributed by atoms with Gasteiger partial charge in [-0.05, 0) is 6.54 Å². The van der Waals surface area contributed by atoms with Crippen LogP contribution in [0.2, 0.25) is 0 Å². The molecule has 0 amide bonds. The van der Waals surface area contributed by atoms with Crippen LogP contribution in [-0.2, 0) is 9.47 Å². The first-order valence-corrected chi connectivity index (χ1v) is 3.30. The molecule has 0 aromatic heterocycles. The van der Waals surface area contributed by atoms with E-state index in [1.54, 1.807) is 0 Å². The van der Waals surface area contributed by atoms with Crippen molar-refractivity contribution in [1.29, 1.82) is 0 Å². The highest BCUT2D eigenvalue weighted by molar-refractivity contribution is 4.62. The van der Waals surface area contributed by atoms with Gasteiger partial charge in [-0.1, -0.05) is 6.92 Å². The summed E-state index contributed by atoms with van der Waals surface area (Å²) in [7, 11) is 0. The van der Waals surface area contributed by atoms with E-state index in [0.29, 0.717) is 13.2 Å². The minimum atomic E-state index is -0.505. The zero-order valence-corrected chi connectivity index (χ0v) is 5.94. The van der Waals surface area contributed by atoms with Gasteiger partial charge in [-0.2, -0.15) is 0 Å². The molecule has 0 aromatic rings. The van der Waals surface area contributed by atoms with Gasteiger partial charge < -0.3 is 9.47 Å². The number of ether oxygens (including phenoxy) is 2. The van der Waals surface area contributed by atoms with Gasteiger partial charge in [0, 0.05) is 6.92 Å². The van der Waals surface area contributed by atoms with Crippen LogP contribution in [0, 0.1) is 0 Å². The SMILES string of the molecule is CCNC1(C)OCCO1. The molecule has 1 fully saturated rings. The molecule has 0 aromatic carbocycles. The lowest BCUT2D eigenvalue weighted by Gasteiger charge is -2.22. The van der Waals surface area contributed by atoms with Gasteiger partial charge in [0.1, 0.15) is 0 Å². The molecule has 0 radical (unpaired) electrons. The number of hydrogen-bond donors (Lipinski definition) is 1. The Balaban J connectivity index is 2.32. The van der Waals surface area contributed by atoms with Crippen molar-refractivity contribution in [2.45, 2.75) is 19.8 Å². The molecule has 54 valence electrons. The van der Waals surface area contributed by atoms with Gasteiger partial charge in [0.15, 0.2) is 0 Å². The molecule has 3 nitrogen and oxygen atoms in total. The van der Waals surface area contributed by atoms with Crippen molar-refractivity contribution in [1.82, 2.24) is 5.32 Å². The summed E-state index contributed by atoms with van der Waals surface area (Å²) in [6.07, 6.45) is 0. The largest absolute Gasteiger partial charge is 0.335 e. The van der Waals surface area contributed by atoms with E-state index in [2.05, 4.69) is 5.32 Å². The third-order valence-electron chi connectivity index (χ3n) is 1.34. The van der Waals surface area contributed by atoms with E-state index >= 15 is 0 Å². The van der Waals surface area contributed by atoms with E-state index in [4.69, 9.17) is 9.47 Å². The lowest BCUT2D eigenvalue weighted by Crippen LogP contribution is -2.42. The maximum absolute atomic E-state index is 5.25. The van der Waals surface area contributed by atoms with Crippen LogP contribution in [0.1, 0.15) is 13.8 Å². The Labute approximate surface area is 55.3 Å². The Kier molecular flexibility index (Phi) is 2.05. The van der Waals surface area contributed by atoms with Crippen LogP contribution in [0.5, 0.6) is 0 Å². The molecule has 1 rings (SSSR count). The molecule has 0 atom stereocenters. The average Bonchev–Trinajstić information content (AvgIpc) is 2.16. The quantitative estimate of drug-likeness (QED) is 0.585. The number of hydrogen-bond acceptors (Lipinski definition) is 3. The Bertz CT molecular complexity index is 89.1. The van der Waals surface area contributed by atoms with Crippen molar-refractivity contribution in [3.05, 3.63) is 0 Å². The summed E-state index contributed by atoms with van der Waals surface area (Å²) >= 11 is 0. The molecule has 0 saturated carbocycles. The smallest absolute Gasteiger partial charge is 0.224 e. The van der Waals surface area contributed by atoms with Gasteiger partial charge in [0.25, 0.3) is 0 Å². The molecule has 1 aliphatic heterocycles. The second-order valence-corrected chi connectivity index (χ2v) is 2.17. The van der Waals surface area contributed by atoms with E-state index in [0.717, 1.165) is 6.54 Å². The van der Waals surface area contributed by atoms with E-state index in [9.17, 15) is 0 Å². The van der Waals surface area contributed by atoms with Crippen LogP contribution in [0.4, 0.5) is 0 Å². The Morgan fingerprint density at radius 1 is 1.44 bits per heavy atom. The van der Waals surface area contributed by atoms with Gasteiger partial charge in [-0.25, -0.2) is 0 Å². The minimum Gasteiger partial charge on any atom is -0.335 e. The van der Waals surface area contributed by atoms with Crippen molar-refractivity contribution in [2.75, 3.05) is 19.8 Å². The first-order valence-electron chi connectivity index (χ1n) is 3.30. The molecule has 1 N–H and O–H groups in total. The summed E-state index contributed by atoms with van der Waals surface area (Å²) in [6.45, 7) is 6.18. The first-order chi connectivity index (χ1) is 4.27. The van der Waals surface area contributed by atoms with Crippen LogP contribution in [0.25, 0.3) is 0 Å². The standard InChI is InChI=1S/C6H13NO2/c1-3-7-6(2)8-4-5-9-6/h7H,3-5H2,1-2H3. The molecule has 0 spiro atoms. The summed E-state index contributed by atoms with van der Waals surface area (Å²) < 4.78 is 10.5. The molecule has 3 heteroatoms. The van der Waals surface area contributed by atoms with Crippen molar-refractivity contribution in [3.63, 3.8) is 0 Å².